The van der Waals surface area contributed by atoms with E-state index in [2.05, 4.69) is 26.0 Å². The minimum atomic E-state index is -0.172. The Morgan fingerprint density at radius 2 is 2.08 bits per heavy atom. The van der Waals surface area contributed by atoms with Crippen LogP contribution in [0.15, 0.2) is 39.1 Å². The lowest BCUT2D eigenvalue weighted by Gasteiger charge is -2.56. The Hall–Kier alpha value is -2.03. The van der Waals surface area contributed by atoms with E-state index in [4.69, 9.17) is 9.15 Å². The van der Waals surface area contributed by atoms with Crippen LogP contribution in [0.5, 0.6) is 5.75 Å². The Morgan fingerprint density at radius 1 is 1.24 bits per heavy atom. The van der Waals surface area contributed by atoms with Gasteiger partial charge < -0.3 is 9.15 Å². The van der Waals surface area contributed by atoms with Crippen LogP contribution in [0.1, 0.15) is 44.2 Å². The van der Waals surface area contributed by atoms with E-state index in [1.807, 2.05) is 12.1 Å². The fourth-order valence-corrected chi connectivity index (χ4v) is 5.16. The summed E-state index contributed by atoms with van der Waals surface area (Å²) in [7, 11) is 0. The van der Waals surface area contributed by atoms with Crippen LogP contribution in [0.25, 0.3) is 11.0 Å². The van der Waals surface area contributed by atoms with Gasteiger partial charge in [-0.2, -0.15) is 0 Å². The molecule has 2 aromatic rings. The average molecular weight is 336 g/mol. The lowest BCUT2D eigenvalue weighted by Crippen LogP contribution is -2.48. The molecule has 3 nitrogen and oxygen atoms in total. The van der Waals surface area contributed by atoms with Crippen LogP contribution in [0, 0.1) is 17.3 Å². The van der Waals surface area contributed by atoms with Crippen molar-refractivity contribution in [3.63, 3.8) is 0 Å². The molecular weight excluding hydrogens is 312 g/mol. The van der Waals surface area contributed by atoms with E-state index >= 15 is 0 Å². The van der Waals surface area contributed by atoms with Gasteiger partial charge in [0.1, 0.15) is 17.9 Å². The second-order valence-corrected chi connectivity index (χ2v) is 8.47. The zero-order chi connectivity index (χ0) is 17.2. The number of hydrogen-bond acceptors (Lipinski definition) is 3. The number of fused-ring (bicyclic) bond motifs is 4. The quantitative estimate of drug-likeness (QED) is 0.605. The summed E-state index contributed by atoms with van der Waals surface area (Å²) in [5.41, 5.74) is 4.39. The minimum absolute atomic E-state index is 0.172. The molecule has 130 valence electrons. The van der Waals surface area contributed by atoms with Crippen molar-refractivity contribution in [2.75, 3.05) is 6.61 Å². The highest BCUT2D eigenvalue weighted by molar-refractivity contribution is 5.83. The summed E-state index contributed by atoms with van der Waals surface area (Å²) in [6, 6.07) is 5.95. The first-order chi connectivity index (χ1) is 12.0. The van der Waals surface area contributed by atoms with Crippen LogP contribution < -0.4 is 10.4 Å². The van der Waals surface area contributed by atoms with Crippen LogP contribution in [0.4, 0.5) is 0 Å². The molecule has 0 N–H and O–H groups in total. The van der Waals surface area contributed by atoms with Crippen molar-refractivity contribution in [1.29, 1.82) is 0 Å². The lowest BCUT2D eigenvalue weighted by molar-refractivity contribution is -0.0115. The zero-order valence-corrected chi connectivity index (χ0v) is 14.9. The highest BCUT2D eigenvalue weighted by Crippen LogP contribution is 2.59. The van der Waals surface area contributed by atoms with Gasteiger partial charge in [-0.1, -0.05) is 19.9 Å². The predicted molar refractivity (Wildman–Crippen MR) is 98.1 cm³/mol. The van der Waals surface area contributed by atoms with Gasteiger partial charge in [-0.15, -0.1) is 0 Å². The van der Waals surface area contributed by atoms with Crippen molar-refractivity contribution in [3.8, 4) is 5.75 Å². The first-order valence-corrected chi connectivity index (χ1v) is 9.44. The van der Waals surface area contributed by atoms with Crippen molar-refractivity contribution < 1.29 is 9.15 Å². The third kappa shape index (κ3) is 2.21. The third-order valence-corrected chi connectivity index (χ3v) is 6.93. The van der Waals surface area contributed by atoms with E-state index in [9.17, 15) is 4.79 Å². The van der Waals surface area contributed by atoms with Crippen molar-refractivity contribution in [3.05, 3.63) is 51.4 Å². The molecule has 0 saturated heterocycles. The fourth-order valence-electron chi connectivity index (χ4n) is 5.16. The Bertz CT molecular complexity index is 948. The van der Waals surface area contributed by atoms with E-state index < -0.39 is 0 Å². The summed E-state index contributed by atoms with van der Waals surface area (Å²) < 4.78 is 11.6. The van der Waals surface area contributed by atoms with Gasteiger partial charge in [0.15, 0.2) is 0 Å². The van der Waals surface area contributed by atoms with Crippen molar-refractivity contribution >= 4 is 11.0 Å². The van der Waals surface area contributed by atoms with Crippen LogP contribution in [0.2, 0.25) is 0 Å². The first kappa shape index (κ1) is 15.2. The highest BCUT2D eigenvalue weighted by atomic mass is 16.5. The molecule has 2 atom stereocenters. The van der Waals surface area contributed by atoms with Gasteiger partial charge in [0, 0.05) is 17.0 Å². The molecule has 1 saturated carbocycles. The normalized spacial score (nSPS) is 26.1. The molecule has 6 rings (SSSR count). The van der Waals surface area contributed by atoms with E-state index in [1.165, 1.54) is 24.0 Å². The maximum absolute atomic E-state index is 12.1. The third-order valence-electron chi connectivity index (χ3n) is 6.93. The van der Waals surface area contributed by atoms with Gasteiger partial charge in [0.05, 0.1) is 0 Å². The van der Waals surface area contributed by atoms with Crippen LogP contribution in [0.3, 0.4) is 0 Å². The molecule has 4 aliphatic rings. The summed E-state index contributed by atoms with van der Waals surface area (Å²) >= 11 is 0. The lowest BCUT2D eigenvalue weighted by atomic mass is 9.49. The Morgan fingerprint density at radius 3 is 2.88 bits per heavy atom. The molecule has 0 radical (unpaired) electrons. The Balaban J connectivity index is 1.40. The number of aryl methyl sites for hydroxylation is 1. The summed E-state index contributed by atoms with van der Waals surface area (Å²) in [6.45, 7) is 5.40. The Labute approximate surface area is 147 Å². The van der Waals surface area contributed by atoms with E-state index in [1.54, 1.807) is 0 Å². The predicted octanol–water partition coefficient (Wildman–Crippen LogP) is 4.65. The van der Waals surface area contributed by atoms with Crippen LogP contribution in [-0.4, -0.2) is 6.61 Å². The standard InChI is InChI=1S/C22H24O3/c1-22(2)14-7-6-13(19(22)10-14)12-24-15-8-9-17-16-4-3-5-18(16)21(23)25-20(17)11-15/h6,8-9,11,14,19H,3-5,7,10,12H2,1-2H3/t14-,19-/m0/s1. The molecule has 3 heteroatoms. The molecule has 0 aliphatic heterocycles. The second-order valence-electron chi connectivity index (χ2n) is 8.47. The molecule has 2 bridgehead atoms. The number of benzene rings is 1. The molecule has 0 amide bonds. The first-order valence-electron chi connectivity index (χ1n) is 9.44. The van der Waals surface area contributed by atoms with E-state index in [0.717, 1.165) is 41.9 Å². The number of hydrogen-bond donors (Lipinski definition) is 0. The summed E-state index contributed by atoms with van der Waals surface area (Å²) in [5, 5.41) is 1.07. The van der Waals surface area contributed by atoms with Gasteiger partial charge in [-0.05, 0) is 72.6 Å². The largest absolute Gasteiger partial charge is 0.489 e. The molecule has 1 heterocycles. The van der Waals surface area contributed by atoms with Gasteiger partial charge in [-0.25, -0.2) is 4.79 Å². The van der Waals surface area contributed by atoms with Gasteiger partial charge in [0.25, 0.3) is 0 Å². The smallest absolute Gasteiger partial charge is 0.339 e. The molecule has 1 aromatic heterocycles. The van der Waals surface area contributed by atoms with Crippen molar-refractivity contribution in [2.24, 2.45) is 17.3 Å². The molecule has 1 aromatic carbocycles. The molecule has 0 spiro atoms. The molecule has 4 aliphatic carbocycles. The SMILES string of the molecule is CC1(C)[C@H]2CC=C(COc3ccc4c5c(c(=O)oc4c3)CCC5)[C@@H]1C2. The van der Waals surface area contributed by atoms with Gasteiger partial charge >= 0.3 is 5.63 Å². The molecule has 1 fully saturated rings. The number of rotatable bonds is 3. The van der Waals surface area contributed by atoms with Gasteiger partial charge in [0.2, 0.25) is 0 Å². The summed E-state index contributed by atoms with van der Waals surface area (Å²) in [6.07, 6.45) is 7.73. The topological polar surface area (TPSA) is 39.4 Å². The molecular formula is C22H24O3. The van der Waals surface area contributed by atoms with Crippen molar-refractivity contribution in [2.45, 2.75) is 46.0 Å². The van der Waals surface area contributed by atoms with Crippen molar-refractivity contribution in [1.82, 2.24) is 0 Å². The zero-order valence-electron chi connectivity index (χ0n) is 14.9. The highest BCUT2D eigenvalue weighted by Gasteiger charge is 2.51. The Kier molecular flexibility index (Phi) is 3.19. The van der Waals surface area contributed by atoms with Crippen LogP contribution >= 0.6 is 0 Å². The monoisotopic (exact) mass is 336 g/mol. The minimum Gasteiger partial charge on any atom is -0.489 e. The average Bonchev–Trinajstić information content (AvgIpc) is 3.10. The number of allylic oxidation sites excluding steroid dienone is 1. The summed E-state index contributed by atoms with van der Waals surface area (Å²) in [5.74, 6) is 2.29. The van der Waals surface area contributed by atoms with E-state index in [0.29, 0.717) is 23.5 Å². The maximum atomic E-state index is 12.1. The fraction of sp³-hybridized carbons (Fsp3) is 0.500. The number of ether oxygens (including phenoxy) is 1. The molecule has 25 heavy (non-hydrogen) atoms. The maximum Gasteiger partial charge on any atom is 0.339 e. The molecule has 0 unspecified atom stereocenters. The second kappa shape index (κ2) is 5.23. The van der Waals surface area contributed by atoms with E-state index in [-0.39, 0.29) is 5.63 Å². The van der Waals surface area contributed by atoms with Crippen LogP contribution in [-0.2, 0) is 12.8 Å². The van der Waals surface area contributed by atoms with Gasteiger partial charge in [-0.3, -0.25) is 0 Å². The summed E-state index contributed by atoms with van der Waals surface area (Å²) in [4.78, 5) is 12.1.